The van der Waals surface area contributed by atoms with Crippen molar-refractivity contribution in [3.05, 3.63) is 23.8 Å². The number of anilines is 1. The summed E-state index contributed by atoms with van der Waals surface area (Å²) in [4.78, 5) is 11.3. The van der Waals surface area contributed by atoms with Gasteiger partial charge in [0.1, 0.15) is 0 Å². The van der Waals surface area contributed by atoms with Gasteiger partial charge in [0.15, 0.2) is 0 Å². The van der Waals surface area contributed by atoms with Crippen molar-refractivity contribution < 1.29 is 13.2 Å². The predicted octanol–water partition coefficient (Wildman–Crippen LogP) is 0.432. The van der Waals surface area contributed by atoms with E-state index < -0.39 is 10.0 Å². The molecule has 1 aliphatic heterocycles. The monoisotopic (exact) mass is 240 g/mol. The number of benzene rings is 1. The third-order valence-electron chi connectivity index (χ3n) is 2.49. The van der Waals surface area contributed by atoms with Gasteiger partial charge < -0.3 is 5.32 Å². The van der Waals surface area contributed by atoms with Crippen LogP contribution in [0.2, 0.25) is 0 Å². The number of hydrogen-bond acceptors (Lipinski definition) is 3. The number of amides is 1. The van der Waals surface area contributed by atoms with Crippen LogP contribution in [0.1, 0.15) is 5.56 Å². The highest BCUT2D eigenvalue weighted by Gasteiger charge is 2.22. The molecular formula is C10H12N2O3S. The van der Waals surface area contributed by atoms with Crippen LogP contribution in [-0.4, -0.2) is 32.7 Å². The van der Waals surface area contributed by atoms with Gasteiger partial charge in [0.2, 0.25) is 15.9 Å². The van der Waals surface area contributed by atoms with Gasteiger partial charge in [0.25, 0.3) is 0 Å². The molecule has 0 atom stereocenters. The second-order valence-electron chi connectivity index (χ2n) is 3.83. The van der Waals surface area contributed by atoms with Gasteiger partial charge in [-0.3, -0.25) is 4.79 Å². The van der Waals surface area contributed by atoms with Crippen molar-refractivity contribution in [2.24, 2.45) is 0 Å². The Bertz CT molecular complexity index is 549. The van der Waals surface area contributed by atoms with Gasteiger partial charge in [0, 0.05) is 19.8 Å². The van der Waals surface area contributed by atoms with Gasteiger partial charge in [-0.15, -0.1) is 0 Å². The number of hydrogen-bond donors (Lipinski definition) is 1. The SMILES string of the molecule is CN(C)S(=O)(=O)c1ccc2c(c1)NC(=O)C2. The molecule has 0 spiro atoms. The number of sulfonamides is 1. The third-order valence-corrected chi connectivity index (χ3v) is 4.30. The van der Waals surface area contributed by atoms with Crippen LogP contribution in [0, 0.1) is 0 Å². The number of rotatable bonds is 2. The maximum atomic E-state index is 11.8. The fraction of sp³-hybridized carbons (Fsp3) is 0.300. The van der Waals surface area contributed by atoms with Crippen LogP contribution in [-0.2, 0) is 21.2 Å². The van der Waals surface area contributed by atoms with Crippen molar-refractivity contribution in [2.75, 3.05) is 19.4 Å². The van der Waals surface area contributed by atoms with Crippen LogP contribution < -0.4 is 5.32 Å². The van der Waals surface area contributed by atoms with Gasteiger partial charge in [-0.1, -0.05) is 6.07 Å². The van der Waals surface area contributed by atoms with Crippen molar-refractivity contribution in [3.63, 3.8) is 0 Å². The lowest BCUT2D eigenvalue weighted by Gasteiger charge is -2.12. The van der Waals surface area contributed by atoms with Gasteiger partial charge in [0.05, 0.1) is 11.3 Å². The Kier molecular flexibility index (Phi) is 2.47. The summed E-state index contributed by atoms with van der Waals surface area (Å²) in [6.07, 6.45) is 0.317. The van der Waals surface area contributed by atoms with Crippen LogP contribution >= 0.6 is 0 Å². The third kappa shape index (κ3) is 1.70. The van der Waals surface area contributed by atoms with Crippen LogP contribution in [0.15, 0.2) is 23.1 Å². The lowest BCUT2D eigenvalue weighted by Crippen LogP contribution is -2.22. The summed E-state index contributed by atoms with van der Waals surface area (Å²) in [6, 6.07) is 4.69. The molecule has 5 nitrogen and oxygen atoms in total. The largest absolute Gasteiger partial charge is 0.325 e. The highest BCUT2D eigenvalue weighted by Crippen LogP contribution is 2.26. The molecule has 0 aliphatic carbocycles. The first-order chi connectivity index (χ1) is 7.41. The van der Waals surface area contributed by atoms with Crippen LogP contribution in [0.4, 0.5) is 5.69 Å². The lowest BCUT2D eigenvalue weighted by molar-refractivity contribution is -0.115. The van der Waals surface area contributed by atoms with Crippen molar-refractivity contribution in [2.45, 2.75) is 11.3 Å². The van der Waals surface area contributed by atoms with E-state index in [1.165, 1.54) is 26.2 Å². The molecule has 0 aromatic heterocycles. The van der Waals surface area contributed by atoms with E-state index in [9.17, 15) is 13.2 Å². The number of nitrogens with one attached hydrogen (secondary N) is 1. The first-order valence-corrected chi connectivity index (χ1v) is 6.20. The van der Waals surface area contributed by atoms with E-state index in [2.05, 4.69) is 5.32 Å². The van der Waals surface area contributed by atoms with Crippen molar-refractivity contribution in [1.29, 1.82) is 0 Å². The highest BCUT2D eigenvalue weighted by atomic mass is 32.2. The van der Waals surface area contributed by atoms with E-state index in [1.54, 1.807) is 6.07 Å². The molecule has 86 valence electrons. The van der Waals surface area contributed by atoms with Crippen molar-refractivity contribution in [3.8, 4) is 0 Å². The summed E-state index contributed by atoms with van der Waals surface area (Å²) in [5.74, 6) is -0.102. The molecule has 0 fully saturated rings. The summed E-state index contributed by atoms with van der Waals surface area (Å²) in [7, 11) is -0.487. The Hall–Kier alpha value is -1.40. The topological polar surface area (TPSA) is 66.5 Å². The second-order valence-corrected chi connectivity index (χ2v) is 5.98. The first-order valence-electron chi connectivity index (χ1n) is 4.76. The van der Waals surface area contributed by atoms with Crippen LogP contribution in [0.5, 0.6) is 0 Å². The molecule has 6 heteroatoms. The van der Waals surface area contributed by atoms with Gasteiger partial charge >= 0.3 is 0 Å². The average Bonchev–Trinajstić information content (AvgIpc) is 2.56. The van der Waals surface area contributed by atoms with E-state index in [-0.39, 0.29) is 10.8 Å². The number of fused-ring (bicyclic) bond motifs is 1. The summed E-state index contributed by atoms with van der Waals surface area (Å²) < 4.78 is 24.8. The molecule has 1 aliphatic rings. The second kappa shape index (κ2) is 3.57. The normalized spacial score (nSPS) is 15.1. The summed E-state index contributed by atoms with van der Waals surface area (Å²) in [5.41, 5.74) is 1.43. The molecule has 0 saturated heterocycles. The molecule has 1 aromatic rings. The standard InChI is InChI=1S/C10H12N2O3S/c1-12(2)16(14,15)8-4-3-7-5-10(13)11-9(7)6-8/h3-4,6H,5H2,1-2H3,(H,11,13). The molecule has 0 radical (unpaired) electrons. The zero-order chi connectivity index (χ0) is 11.9. The maximum Gasteiger partial charge on any atom is 0.242 e. The van der Waals surface area contributed by atoms with Gasteiger partial charge in [-0.2, -0.15) is 0 Å². The van der Waals surface area contributed by atoms with E-state index in [4.69, 9.17) is 0 Å². The van der Waals surface area contributed by atoms with E-state index in [0.29, 0.717) is 12.1 Å². The number of carbonyl (C=O) groups is 1. The molecule has 0 bridgehead atoms. The predicted molar refractivity (Wildman–Crippen MR) is 59.6 cm³/mol. The van der Waals surface area contributed by atoms with Crippen molar-refractivity contribution >= 4 is 21.6 Å². The molecule has 16 heavy (non-hydrogen) atoms. The molecule has 0 saturated carbocycles. The minimum absolute atomic E-state index is 0.102. The molecule has 0 unspecified atom stereocenters. The maximum absolute atomic E-state index is 11.8. The molecule has 1 amide bonds. The smallest absolute Gasteiger partial charge is 0.242 e. The zero-order valence-corrected chi connectivity index (χ0v) is 9.84. The number of carbonyl (C=O) groups excluding carboxylic acids is 1. The molecule has 1 heterocycles. The lowest BCUT2D eigenvalue weighted by atomic mass is 10.2. The molecule has 2 rings (SSSR count). The Morgan fingerprint density at radius 1 is 1.31 bits per heavy atom. The van der Waals surface area contributed by atoms with E-state index in [0.717, 1.165) is 9.87 Å². The van der Waals surface area contributed by atoms with Gasteiger partial charge in [-0.25, -0.2) is 12.7 Å². The fourth-order valence-corrected chi connectivity index (χ4v) is 2.49. The van der Waals surface area contributed by atoms with E-state index in [1.807, 2.05) is 0 Å². The van der Waals surface area contributed by atoms with Crippen LogP contribution in [0.25, 0.3) is 0 Å². The van der Waals surface area contributed by atoms with E-state index >= 15 is 0 Å². The minimum Gasteiger partial charge on any atom is -0.325 e. The summed E-state index contributed by atoms with van der Waals surface area (Å²) in [6.45, 7) is 0. The Labute approximate surface area is 94.1 Å². The highest BCUT2D eigenvalue weighted by molar-refractivity contribution is 7.89. The Balaban J connectivity index is 2.48. The summed E-state index contributed by atoms with van der Waals surface area (Å²) in [5, 5.41) is 2.63. The quantitative estimate of drug-likeness (QED) is 0.815. The average molecular weight is 240 g/mol. The van der Waals surface area contributed by atoms with Gasteiger partial charge in [-0.05, 0) is 17.7 Å². The summed E-state index contributed by atoms with van der Waals surface area (Å²) >= 11 is 0. The molecule has 1 aromatic carbocycles. The van der Waals surface area contributed by atoms with Crippen molar-refractivity contribution in [1.82, 2.24) is 4.31 Å². The Morgan fingerprint density at radius 3 is 2.62 bits per heavy atom. The minimum atomic E-state index is -3.43. The number of nitrogens with zero attached hydrogens (tertiary/aromatic N) is 1. The molecular weight excluding hydrogens is 228 g/mol. The fourth-order valence-electron chi connectivity index (χ4n) is 1.56. The first kappa shape index (κ1) is 11.1. The zero-order valence-electron chi connectivity index (χ0n) is 9.02. The van der Waals surface area contributed by atoms with Crippen LogP contribution in [0.3, 0.4) is 0 Å². The Morgan fingerprint density at radius 2 is 2.00 bits per heavy atom. The molecule has 1 N–H and O–H groups in total.